The molecule has 0 aliphatic heterocycles. The van der Waals surface area contributed by atoms with Crippen molar-refractivity contribution >= 4 is 0 Å². The van der Waals surface area contributed by atoms with Crippen molar-refractivity contribution in [1.29, 1.82) is 0 Å². The highest BCUT2D eigenvalue weighted by molar-refractivity contribution is 5.32. The predicted molar refractivity (Wildman–Crippen MR) is 50.7 cm³/mol. The van der Waals surface area contributed by atoms with Gasteiger partial charge in [0.15, 0.2) is 0 Å². The van der Waals surface area contributed by atoms with Gasteiger partial charge in [0.1, 0.15) is 5.82 Å². The fraction of sp³-hybridized carbons (Fsp3) is 0.455. The molecule has 0 spiro atoms. The molecule has 2 unspecified atom stereocenters. The minimum Gasteiger partial charge on any atom is -0.321 e. The minimum atomic E-state index is -0.239. The van der Waals surface area contributed by atoms with E-state index in [-0.39, 0.29) is 11.4 Å². The Morgan fingerprint density at radius 1 is 1.62 bits per heavy atom. The first kappa shape index (κ1) is 8.70. The summed E-state index contributed by atoms with van der Waals surface area (Å²) in [6, 6.07) is 6.65. The first-order valence-electron chi connectivity index (χ1n) is 4.71. The molecule has 1 aromatic rings. The summed E-state index contributed by atoms with van der Waals surface area (Å²) < 4.78 is 12.9. The van der Waals surface area contributed by atoms with Crippen LogP contribution in [0.15, 0.2) is 24.3 Å². The first-order valence-corrected chi connectivity index (χ1v) is 4.71. The van der Waals surface area contributed by atoms with Gasteiger partial charge in [-0.25, -0.2) is 4.39 Å². The summed E-state index contributed by atoms with van der Waals surface area (Å²) >= 11 is 0. The van der Waals surface area contributed by atoms with Crippen LogP contribution in [0.1, 0.15) is 25.3 Å². The number of benzene rings is 1. The average Bonchev–Trinajstić information content (AvgIpc) is 2.79. The van der Waals surface area contributed by atoms with Crippen LogP contribution in [0.4, 0.5) is 4.39 Å². The molecule has 70 valence electrons. The smallest absolute Gasteiger partial charge is 0.123 e. The molecule has 1 nitrogen and oxygen atoms in total. The van der Waals surface area contributed by atoms with Gasteiger partial charge in [0.05, 0.1) is 0 Å². The highest BCUT2D eigenvalue weighted by Crippen LogP contribution is 2.51. The van der Waals surface area contributed by atoms with E-state index >= 15 is 0 Å². The standard InChI is InChI=1S/C11H14FN/c1-2-8-7-11(8,13)9-4-3-5-10(12)6-9/h3-6,8H,2,7,13H2,1H3. The highest BCUT2D eigenvalue weighted by Gasteiger charge is 2.50. The summed E-state index contributed by atoms with van der Waals surface area (Å²) in [6.07, 6.45) is 2.07. The van der Waals surface area contributed by atoms with Gasteiger partial charge in [-0.3, -0.25) is 0 Å². The third kappa shape index (κ3) is 1.35. The summed E-state index contributed by atoms with van der Waals surface area (Å²) in [5, 5.41) is 0. The summed E-state index contributed by atoms with van der Waals surface area (Å²) in [5.41, 5.74) is 6.83. The summed E-state index contributed by atoms with van der Waals surface area (Å²) in [4.78, 5) is 0. The molecule has 0 saturated heterocycles. The number of hydrogen-bond acceptors (Lipinski definition) is 1. The molecule has 1 aromatic carbocycles. The van der Waals surface area contributed by atoms with E-state index in [1.165, 1.54) is 6.07 Å². The Balaban J connectivity index is 2.27. The van der Waals surface area contributed by atoms with Crippen LogP contribution >= 0.6 is 0 Å². The van der Waals surface area contributed by atoms with Crippen molar-refractivity contribution in [3.63, 3.8) is 0 Å². The van der Waals surface area contributed by atoms with Crippen molar-refractivity contribution in [1.82, 2.24) is 0 Å². The second kappa shape index (κ2) is 2.81. The van der Waals surface area contributed by atoms with E-state index in [4.69, 9.17) is 5.73 Å². The Morgan fingerprint density at radius 2 is 2.38 bits per heavy atom. The SMILES string of the molecule is CCC1CC1(N)c1cccc(F)c1. The number of rotatable bonds is 2. The first-order chi connectivity index (χ1) is 6.16. The van der Waals surface area contributed by atoms with E-state index in [9.17, 15) is 4.39 Å². The van der Waals surface area contributed by atoms with Crippen LogP contribution in [0.2, 0.25) is 0 Å². The normalized spacial score (nSPS) is 31.8. The van der Waals surface area contributed by atoms with E-state index in [2.05, 4.69) is 6.92 Å². The Hall–Kier alpha value is -0.890. The van der Waals surface area contributed by atoms with E-state index in [0.717, 1.165) is 18.4 Å². The van der Waals surface area contributed by atoms with Gasteiger partial charge in [-0.15, -0.1) is 0 Å². The number of halogens is 1. The van der Waals surface area contributed by atoms with Crippen LogP contribution in [0, 0.1) is 11.7 Å². The number of hydrogen-bond donors (Lipinski definition) is 1. The Morgan fingerprint density at radius 3 is 2.92 bits per heavy atom. The molecule has 0 heterocycles. The van der Waals surface area contributed by atoms with E-state index in [0.29, 0.717) is 5.92 Å². The molecule has 2 atom stereocenters. The zero-order valence-electron chi connectivity index (χ0n) is 7.76. The van der Waals surface area contributed by atoms with Gasteiger partial charge in [-0.1, -0.05) is 25.5 Å². The van der Waals surface area contributed by atoms with Gasteiger partial charge in [0, 0.05) is 5.54 Å². The van der Waals surface area contributed by atoms with Crippen LogP contribution in [-0.2, 0) is 5.54 Å². The van der Waals surface area contributed by atoms with Crippen LogP contribution in [0.3, 0.4) is 0 Å². The quantitative estimate of drug-likeness (QED) is 0.741. The van der Waals surface area contributed by atoms with Crippen molar-refractivity contribution in [2.24, 2.45) is 11.7 Å². The summed E-state index contributed by atoms with van der Waals surface area (Å²) in [6.45, 7) is 2.12. The Bertz CT molecular complexity index is 324. The molecule has 1 aliphatic carbocycles. The maximum Gasteiger partial charge on any atom is 0.123 e. The molecule has 0 aromatic heterocycles. The maximum atomic E-state index is 12.9. The second-order valence-electron chi connectivity index (χ2n) is 3.86. The monoisotopic (exact) mass is 179 g/mol. The van der Waals surface area contributed by atoms with Gasteiger partial charge in [-0.2, -0.15) is 0 Å². The largest absolute Gasteiger partial charge is 0.321 e. The lowest BCUT2D eigenvalue weighted by Gasteiger charge is -2.10. The predicted octanol–water partition coefficient (Wildman–Crippen LogP) is 2.41. The van der Waals surface area contributed by atoms with Crippen LogP contribution in [0.5, 0.6) is 0 Å². The Labute approximate surface area is 77.8 Å². The lowest BCUT2D eigenvalue weighted by atomic mass is 10.0. The van der Waals surface area contributed by atoms with Crippen LogP contribution in [0.25, 0.3) is 0 Å². The third-order valence-corrected chi connectivity index (χ3v) is 3.01. The molecule has 2 heteroatoms. The summed E-state index contributed by atoms with van der Waals surface area (Å²) in [7, 11) is 0. The molecular formula is C11H14FN. The molecule has 0 bridgehead atoms. The molecule has 1 fully saturated rings. The van der Waals surface area contributed by atoms with Gasteiger partial charge >= 0.3 is 0 Å². The van der Waals surface area contributed by atoms with Gasteiger partial charge < -0.3 is 5.73 Å². The maximum absolute atomic E-state index is 12.9. The topological polar surface area (TPSA) is 26.0 Å². The van der Waals surface area contributed by atoms with Crippen molar-refractivity contribution in [2.45, 2.75) is 25.3 Å². The highest BCUT2D eigenvalue weighted by atomic mass is 19.1. The average molecular weight is 179 g/mol. The number of nitrogens with two attached hydrogens (primary N) is 1. The summed E-state index contributed by atoms with van der Waals surface area (Å²) in [5.74, 6) is 0.346. The van der Waals surface area contributed by atoms with Crippen LogP contribution in [-0.4, -0.2) is 0 Å². The fourth-order valence-corrected chi connectivity index (χ4v) is 1.99. The molecule has 0 radical (unpaired) electrons. The van der Waals surface area contributed by atoms with Gasteiger partial charge in [0.2, 0.25) is 0 Å². The molecule has 1 aliphatic rings. The zero-order chi connectivity index (χ0) is 9.47. The molecule has 13 heavy (non-hydrogen) atoms. The minimum absolute atomic E-state index is 0.191. The molecular weight excluding hydrogens is 165 g/mol. The molecule has 0 amide bonds. The zero-order valence-corrected chi connectivity index (χ0v) is 7.76. The lowest BCUT2D eigenvalue weighted by molar-refractivity contribution is 0.593. The van der Waals surface area contributed by atoms with Crippen molar-refractivity contribution in [3.8, 4) is 0 Å². The van der Waals surface area contributed by atoms with Gasteiger partial charge in [-0.05, 0) is 30.0 Å². The fourth-order valence-electron chi connectivity index (χ4n) is 1.99. The van der Waals surface area contributed by atoms with Crippen molar-refractivity contribution < 1.29 is 4.39 Å². The van der Waals surface area contributed by atoms with E-state index in [1.807, 2.05) is 6.07 Å². The van der Waals surface area contributed by atoms with Crippen molar-refractivity contribution in [2.75, 3.05) is 0 Å². The van der Waals surface area contributed by atoms with E-state index in [1.54, 1.807) is 12.1 Å². The second-order valence-corrected chi connectivity index (χ2v) is 3.86. The third-order valence-electron chi connectivity index (χ3n) is 3.01. The molecule has 2 N–H and O–H groups in total. The lowest BCUT2D eigenvalue weighted by Crippen LogP contribution is -2.22. The molecule has 2 rings (SSSR count). The Kier molecular flexibility index (Phi) is 1.88. The van der Waals surface area contributed by atoms with Crippen LogP contribution < -0.4 is 5.73 Å². The van der Waals surface area contributed by atoms with Gasteiger partial charge in [0.25, 0.3) is 0 Å². The molecule has 1 saturated carbocycles. The van der Waals surface area contributed by atoms with Crippen molar-refractivity contribution in [3.05, 3.63) is 35.6 Å². The van der Waals surface area contributed by atoms with E-state index < -0.39 is 0 Å².